The Hall–Kier alpha value is -2.98. The standard InChI is InChI=1S/C21H19N3O/c1-2-10-21-17(7-1)13-20(25-21)16-24(14-18-8-3-5-11-22-18)15-19-9-4-6-12-23-19/h1-13H,14-16H2. The van der Waals surface area contributed by atoms with Crippen LogP contribution in [0, 0.1) is 0 Å². The van der Waals surface area contributed by atoms with Gasteiger partial charge in [-0.25, -0.2) is 0 Å². The summed E-state index contributed by atoms with van der Waals surface area (Å²) in [6, 6.07) is 22.2. The molecule has 124 valence electrons. The molecule has 0 N–H and O–H groups in total. The van der Waals surface area contributed by atoms with Gasteiger partial charge in [-0.15, -0.1) is 0 Å². The van der Waals surface area contributed by atoms with E-state index in [2.05, 4.69) is 27.0 Å². The Balaban J connectivity index is 1.57. The van der Waals surface area contributed by atoms with Crippen LogP contribution in [0.2, 0.25) is 0 Å². The van der Waals surface area contributed by atoms with E-state index >= 15 is 0 Å². The largest absolute Gasteiger partial charge is 0.460 e. The molecule has 0 amide bonds. The van der Waals surface area contributed by atoms with E-state index in [0.29, 0.717) is 6.54 Å². The molecule has 3 heterocycles. The molecule has 4 nitrogen and oxygen atoms in total. The zero-order valence-corrected chi connectivity index (χ0v) is 13.9. The molecule has 1 aromatic carbocycles. The number of furan rings is 1. The van der Waals surface area contributed by atoms with Gasteiger partial charge in [0, 0.05) is 30.9 Å². The van der Waals surface area contributed by atoms with Crippen LogP contribution in [0.1, 0.15) is 17.1 Å². The molecule has 0 saturated heterocycles. The fourth-order valence-electron chi connectivity index (χ4n) is 2.94. The fourth-order valence-corrected chi connectivity index (χ4v) is 2.94. The highest BCUT2D eigenvalue weighted by atomic mass is 16.3. The number of hydrogen-bond donors (Lipinski definition) is 0. The number of benzene rings is 1. The topological polar surface area (TPSA) is 42.2 Å². The normalized spacial score (nSPS) is 11.2. The predicted molar refractivity (Wildman–Crippen MR) is 97.6 cm³/mol. The molecule has 4 rings (SSSR count). The minimum atomic E-state index is 0.710. The maximum Gasteiger partial charge on any atom is 0.134 e. The smallest absolute Gasteiger partial charge is 0.134 e. The van der Waals surface area contributed by atoms with Crippen LogP contribution in [-0.2, 0) is 19.6 Å². The molecular weight excluding hydrogens is 310 g/mol. The van der Waals surface area contributed by atoms with Crippen LogP contribution >= 0.6 is 0 Å². The molecular formula is C21H19N3O. The maximum absolute atomic E-state index is 5.99. The van der Waals surface area contributed by atoms with Crippen LogP contribution in [0.3, 0.4) is 0 Å². The molecule has 0 aliphatic rings. The van der Waals surface area contributed by atoms with E-state index in [0.717, 1.165) is 41.2 Å². The molecule has 4 heteroatoms. The summed E-state index contributed by atoms with van der Waals surface area (Å²) in [4.78, 5) is 11.2. The third-order valence-electron chi connectivity index (χ3n) is 4.08. The lowest BCUT2D eigenvalue weighted by atomic mass is 10.2. The van der Waals surface area contributed by atoms with Crippen molar-refractivity contribution in [3.05, 3.63) is 96.3 Å². The number of aromatic nitrogens is 2. The van der Waals surface area contributed by atoms with Gasteiger partial charge in [-0.05, 0) is 36.4 Å². The van der Waals surface area contributed by atoms with Crippen molar-refractivity contribution in [2.24, 2.45) is 0 Å². The van der Waals surface area contributed by atoms with E-state index in [1.54, 1.807) is 0 Å². The summed E-state index contributed by atoms with van der Waals surface area (Å²) in [7, 11) is 0. The monoisotopic (exact) mass is 329 g/mol. The first kappa shape index (κ1) is 15.5. The van der Waals surface area contributed by atoms with Crippen LogP contribution in [0.5, 0.6) is 0 Å². The van der Waals surface area contributed by atoms with Gasteiger partial charge >= 0.3 is 0 Å². The summed E-state index contributed by atoms with van der Waals surface area (Å²) in [5, 5.41) is 1.13. The van der Waals surface area contributed by atoms with Gasteiger partial charge in [0.25, 0.3) is 0 Å². The Labute approximate surface area is 146 Å². The molecule has 3 aromatic heterocycles. The quantitative estimate of drug-likeness (QED) is 0.525. The lowest BCUT2D eigenvalue weighted by Gasteiger charge is -2.20. The van der Waals surface area contributed by atoms with Crippen molar-refractivity contribution in [3.63, 3.8) is 0 Å². The number of pyridine rings is 2. The SMILES string of the molecule is c1ccc(CN(Cc2ccccn2)Cc2cc3ccccc3o2)nc1. The fraction of sp³-hybridized carbons (Fsp3) is 0.143. The summed E-state index contributed by atoms with van der Waals surface area (Å²) >= 11 is 0. The third-order valence-corrected chi connectivity index (χ3v) is 4.08. The van der Waals surface area contributed by atoms with E-state index in [1.807, 2.05) is 67.0 Å². The van der Waals surface area contributed by atoms with E-state index in [-0.39, 0.29) is 0 Å². The second kappa shape index (κ2) is 7.28. The van der Waals surface area contributed by atoms with Gasteiger partial charge in [-0.1, -0.05) is 30.3 Å². The molecule has 0 bridgehead atoms. The first-order chi connectivity index (χ1) is 12.4. The lowest BCUT2D eigenvalue weighted by molar-refractivity contribution is 0.224. The molecule has 0 unspecified atom stereocenters. The second-order valence-electron chi connectivity index (χ2n) is 6.04. The average Bonchev–Trinajstić information content (AvgIpc) is 3.05. The van der Waals surface area contributed by atoms with Crippen LogP contribution in [0.25, 0.3) is 11.0 Å². The van der Waals surface area contributed by atoms with Gasteiger partial charge in [-0.3, -0.25) is 14.9 Å². The van der Waals surface area contributed by atoms with E-state index in [1.165, 1.54) is 0 Å². The summed E-state index contributed by atoms with van der Waals surface area (Å²) in [5.41, 5.74) is 3.00. The van der Waals surface area contributed by atoms with Gasteiger partial charge in [0.15, 0.2) is 0 Å². The molecule has 0 radical (unpaired) electrons. The van der Waals surface area contributed by atoms with Crippen molar-refractivity contribution in [3.8, 4) is 0 Å². The van der Waals surface area contributed by atoms with Gasteiger partial charge in [0.1, 0.15) is 11.3 Å². The molecule has 0 fully saturated rings. The molecule has 0 spiro atoms. The van der Waals surface area contributed by atoms with Crippen molar-refractivity contribution in [2.75, 3.05) is 0 Å². The van der Waals surface area contributed by atoms with Crippen molar-refractivity contribution in [2.45, 2.75) is 19.6 Å². The van der Waals surface area contributed by atoms with Crippen molar-refractivity contribution < 1.29 is 4.42 Å². The highest BCUT2D eigenvalue weighted by molar-refractivity contribution is 5.77. The van der Waals surface area contributed by atoms with E-state index in [4.69, 9.17) is 4.42 Å². The second-order valence-corrected chi connectivity index (χ2v) is 6.04. The van der Waals surface area contributed by atoms with Gasteiger partial charge < -0.3 is 4.42 Å². The highest BCUT2D eigenvalue weighted by Crippen LogP contribution is 2.21. The molecule has 0 atom stereocenters. The van der Waals surface area contributed by atoms with Gasteiger partial charge in [-0.2, -0.15) is 0 Å². The van der Waals surface area contributed by atoms with E-state index in [9.17, 15) is 0 Å². The van der Waals surface area contributed by atoms with Crippen molar-refractivity contribution in [1.29, 1.82) is 0 Å². The average molecular weight is 329 g/mol. The van der Waals surface area contributed by atoms with E-state index < -0.39 is 0 Å². The van der Waals surface area contributed by atoms with Crippen LogP contribution < -0.4 is 0 Å². The third kappa shape index (κ3) is 3.92. The number of rotatable bonds is 6. The number of para-hydroxylation sites is 1. The number of nitrogens with zero attached hydrogens (tertiary/aromatic N) is 3. The number of fused-ring (bicyclic) bond motifs is 1. The highest BCUT2D eigenvalue weighted by Gasteiger charge is 2.12. The Morgan fingerprint density at radius 2 is 1.36 bits per heavy atom. The first-order valence-corrected chi connectivity index (χ1v) is 8.36. The number of hydrogen-bond acceptors (Lipinski definition) is 4. The van der Waals surface area contributed by atoms with Crippen LogP contribution in [-0.4, -0.2) is 14.9 Å². The first-order valence-electron chi connectivity index (χ1n) is 8.36. The van der Waals surface area contributed by atoms with Gasteiger partial charge in [0.05, 0.1) is 17.9 Å². The Kier molecular flexibility index (Phi) is 4.53. The van der Waals surface area contributed by atoms with Gasteiger partial charge in [0.2, 0.25) is 0 Å². The maximum atomic E-state index is 5.99. The minimum Gasteiger partial charge on any atom is -0.460 e. The summed E-state index contributed by atoms with van der Waals surface area (Å²) in [6.07, 6.45) is 3.66. The molecule has 0 aliphatic carbocycles. The minimum absolute atomic E-state index is 0.710. The van der Waals surface area contributed by atoms with Crippen molar-refractivity contribution in [1.82, 2.24) is 14.9 Å². The molecule has 4 aromatic rings. The Morgan fingerprint density at radius 1 is 0.720 bits per heavy atom. The summed E-state index contributed by atoms with van der Waals surface area (Å²) < 4.78 is 5.99. The van der Waals surface area contributed by atoms with Crippen LogP contribution in [0.4, 0.5) is 0 Å². The Morgan fingerprint density at radius 3 is 1.96 bits per heavy atom. The zero-order valence-electron chi connectivity index (χ0n) is 13.9. The summed E-state index contributed by atoms with van der Waals surface area (Å²) in [5.74, 6) is 0.952. The van der Waals surface area contributed by atoms with Crippen molar-refractivity contribution >= 4 is 11.0 Å². The van der Waals surface area contributed by atoms with Crippen LogP contribution in [0.15, 0.2) is 83.5 Å². The summed E-state index contributed by atoms with van der Waals surface area (Å²) in [6.45, 7) is 2.20. The molecule has 25 heavy (non-hydrogen) atoms. The molecule has 0 saturated carbocycles. The lowest BCUT2D eigenvalue weighted by Crippen LogP contribution is -2.23. The Bertz CT molecular complexity index is 860. The molecule has 0 aliphatic heterocycles. The predicted octanol–water partition coefficient (Wildman–Crippen LogP) is 4.43. The zero-order chi connectivity index (χ0) is 16.9.